The Bertz CT molecular complexity index is 259. The number of thiazole rings is 1. The predicted molar refractivity (Wildman–Crippen MR) is 65.9 cm³/mol. The van der Waals surface area contributed by atoms with E-state index in [4.69, 9.17) is 9.47 Å². The Hall–Kier alpha value is -0.233. The van der Waals surface area contributed by atoms with Gasteiger partial charge in [0.15, 0.2) is 0 Å². The zero-order chi connectivity index (χ0) is 11.1. The molecule has 1 aromatic heterocycles. The molecule has 0 atom stereocenters. The molecule has 1 aromatic rings. The van der Waals surface area contributed by atoms with E-state index in [1.807, 2.05) is 10.9 Å². The molecule has 3 nitrogen and oxygen atoms in total. The summed E-state index contributed by atoms with van der Waals surface area (Å²) in [4.78, 5) is 4.12. The summed E-state index contributed by atoms with van der Waals surface area (Å²) >= 11 is 1.58. The largest absolute Gasteiger partial charge is 0.356 e. The van der Waals surface area contributed by atoms with Gasteiger partial charge < -0.3 is 9.47 Å². The first-order valence-corrected chi connectivity index (χ1v) is 9.75. The van der Waals surface area contributed by atoms with Crippen LogP contribution in [0.5, 0.6) is 0 Å². The second kappa shape index (κ2) is 6.37. The summed E-state index contributed by atoms with van der Waals surface area (Å²) in [7, 11) is -0.962. The van der Waals surface area contributed by atoms with Crippen LogP contribution in [0.25, 0.3) is 0 Å². The monoisotopic (exact) mass is 245 g/mol. The van der Waals surface area contributed by atoms with Crippen molar-refractivity contribution in [3.8, 4) is 0 Å². The van der Waals surface area contributed by atoms with E-state index < -0.39 is 8.07 Å². The Morgan fingerprint density at radius 2 is 2.13 bits per heavy atom. The molecule has 1 heterocycles. The number of hydrogen-bond acceptors (Lipinski definition) is 4. The van der Waals surface area contributed by atoms with Crippen LogP contribution in [0.2, 0.25) is 25.7 Å². The van der Waals surface area contributed by atoms with E-state index in [0.717, 1.165) is 12.3 Å². The van der Waals surface area contributed by atoms with E-state index in [9.17, 15) is 0 Å². The van der Waals surface area contributed by atoms with Gasteiger partial charge in [0.05, 0.1) is 17.8 Å². The quantitative estimate of drug-likeness (QED) is 0.420. The Morgan fingerprint density at radius 1 is 1.33 bits per heavy atom. The van der Waals surface area contributed by atoms with E-state index in [0.29, 0.717) is 13.4 Å². The Kier molecular flexibility index (Phi) is 5.45. The maximum absolute atomic E-state index is 5.40. The molecular weight excluding hydrogens is 226 g/mol. The third-order valence-corrected chi connectivity index (χ3v) is 4.24. The fourth-order valence-corrected chi connectivity index (χ4v) is 2.25. The van der Waals surface area contributed by atoms with Gasteiger partial charge >= 0.3 is 0 Å². The van der Waals surface area contributed by atoms with Gasteiger partial charge in [-0.2, -0.15) is 0 Å². The van der Waals surface area contributed by atoms with Gasteiger partial charge in [-0.3, -0.25) is 0 Å². The highest BCUT2D eigenvalue weighted by molar-refractivity contribution is 7.07. The van der Waals surface area contributed by atoms with Gasteiger partial charge in [0.1, 0.15) is 6.79 Å². The smallest absolute Gasteiger partial charge is 0.147 e. The molecule has 0 radical (unpaired) electrons. The predicted octanol–water partition coefficient (Wildman–Crippen LogP) is 2.97. The first-order chi connectivity index (χ1) is 7.08. The zero-order valence-electron chi connectivity index (χ0n) is 9.66. The lowest BCUT2D eigenvalue weighted by atomic mass is 10.5. The fourth-order valence-electron chi connectivity index (χ4n) is 0.951. The second-order valence-corrected chi connectivity index (χ2v) is 11.0. The number of aromatic nitrogens is 1. The summed E-state index contributed by atoms with van der Waals surface area (Å²) in [5, 5.41) is 1.99. The number of ether oxygens (including phenoxy) is 2. The summed E-state index contributed by atoms with van der Waals surface area (Å²) in [5.41, 5.74) is 2.79. The van der Waals surface area contributed by atoms with Gasteiger partial charge in [-0.15, -0.1) is 11.3 Å². The van der Waals surface area contributed by atoms with Crippen LogP contribution in [-0.4, -0.2) is 26.5 Å². The highest BCUT2D eigenvalue weighted by Gasteiger charge is 2.11. The molecule has 0 aliphatic carbocycles. The molecule has 0 aliphatic rings. The summed E-state index contributed by atoms with van der Waals surface area (Å²) in [6.07, 6.45) is 0. The molecule has 1 rings (SSSR count). The molecule has 0 saturated carbocycles. The van der Waals surface area contributed by atoms with Crippen molar-refractivity contribution in [2.75, 3.05) is 13.4 Å². The van der Waals surface area contributed by atoms with Crippen molar-refractivity contribution >= 4 is 19.4 Å². The lowest BCUT2D eigenvalue weighted by Gasteiger charge is -2.15. The first-order valence-electron chi connectivity index (χ1n) is 5.10. The number of rotatable bonds is 7. The normalized spacial score (nSPS) is 11.9. The van der Waals surface area contributed by atoms with Crippen LogP contribution in [0.15, 0.2) is 10.9 Å². The standard InChI is InChI=1S/C10H19NO2SSi/c1-15(2,3)5-4-12-9-13-6-10-7-14-8-11-10/h7-8H,4-6,9H2,1-3H3. The van der Waals surface area contributed by atoms with Crippen molar-refractivity contribution in [3.05, 3.63) is 16.6 Å². The average Bonchev–Trinajstić information content (AvgIpc) is 2.61. The molecular formula is C10H19NO2SSi. The minimum absolute atomic E-state index is 0.377. The Labute approximate surface area is 96.5 Å². The van der Waals surface area contributed by atoms with Crippen molar-refractivity contribution in [1.29, 1.82) is 0 Å². The van der Waals surface area contributed by atoms with Gasteiger partial charge in [0.25, 0.3) is 0 Å². The summed E-state index contributed by atoms with van der Waals surface area (Å²) < 4.78 is 10.7. The molecule has 86 valence electrons. The van der Waals surface area contributed by atoms with Crippen LogP contribution in [-0.2, 0) is 16.1 Å². The lowest BCUT2D eigenvalue weighted by Crippen LogP contribution is -2.22. The van der Waals surface area contributed by atoms with E-state index in [2.05, 4.69) is 24.6 Å². The summed E-state index contributed by atoms with van der Waals surface area (Å²) in [6.45, 7) is 8.76. The molecule has 0 fully saturated rings. The van der Waals surface area contributed by atoms with Crippen LogP contribution in [0.3, 0.4) is 0 Å². The van der Waals surface area contributed by atoms with Crippen molar-refractivity contribution in [2.24, 2.45) is 0 Å². The van der Waals surface area contributed by atoms with Crippen molar-refractivity contribution in [2.45, 2.75) is 32.3 Å². The van der Waals surface area contributed by atoms with Gasteiger partial charge in [-0.05, 0) is 6.04 Å². The molecule has 0 saturated heterocycles. The Morgan fingerprint density at radius 3 is 2.73 bits per heavy atom. The third-order valence-electron chi connectivity index (χ3n) is 1.90. The third kappa shape index (κ3) is 6.78. The number of hydrogen-bond donors (Lipinski definition) is 0. The first kappa shape index (κ1) is 12.8. The minimum atomic E-state index is -0.962. The summed E-state index contributed by atoms with van der Waals surface area (Å²) in [6, 6.07) is 1.19. The van der Waals surface area contributed by atoms with Gasteiger partial charge in [0.2, 0.25) is 0 Å². The van der Waals surface area contributed by atoms with Crippen LogP contribution < -0.4 is 0 Å². The SMILES string of the molecule is C[Si](C)(C)CCOCOCc1cscn1. The van der Waals surface area contributed by atoms with Crippen LogP contribution >= 0.6 is 11.3 Å². The van der Waals surface area contributed by atoms with Gasteiger partial charge in [-0.1, -0.05) is 19.6 Å². The van der Waals surface area contributed by atoms with Crippen LogP contribution in [0, 0.1) is 0 Å². The number of nitrogens with zero attached hydrogens (tertiary/aromatic N) is 1. The molecule has 0 spiro atoms. The van der Waals surface area contributed by atoms with Crippen LogP contribution in [0.4, 0.5) is 0 Å². The van der Waals surface area contributed by atoms with Gasteiger partial charge in [0, 0.05) is 20.1 Å². The zero-order valence-corrected chi connectivity index (χ0v) is 11.5. The molecule has 0 aliphatic heterocycles. The maximum atomic E-state index is 5.40. The molecule has 0 amide bonds. The van der Waals surface area contributed by atoms with Gasteiger partial charge in [-0.25, -0.2) is 4.98 Å². The minimum Gasteiger partial charge on any atom is -0.356 e. The van der Waals surface area contributed by atoms with E-state index in [-0.39, 0.29) is 0 Å². The van der Waals surface area contributed by atoms with Crippen molar-refractivity contribution in [3.63, 3.8) is 0 Å². The topological polar surface area (TPSA) is 31.4 Å². The fraction of sp³-hybridized carbons (Fsp3) is 0.700. The molecule has 0 N–H and O–H groups in total. The highest BCUT2D eigenvalue weighted by Crippen LogP contribution is 2.07. The molecule has 15 heavy (non-hydrogen) atoms. The average molecular weight is 245 g/mol. The highest BCUT2D eigenvalue weighted by atomic mass is 32.1. The maximum Gasteiger partial charge on any atom is 0.147 e. The van der Waals surface area contributed by atoms with Crippen molar-refractivity contribution in [1.82, 2.24) is 4.98 Å². The van der Waals surface area contributed by atoms with Crippen molar-refractivity contribution < 1.29 is 9.47 Å². The van der Waals surface area contributed by atoms with Crippen LogP contribution in [0.1, 0.15) is 5.69 Å². The van der Waals surface area contributed by atoms with E-state index in [1.165, 1.54) is 6.04 Å². The summed E-state index contributed by atoms with van der Waals surface area (Å²) in [5.74, 6) is 0. The molecule has 0 unspecified atom stereocenters. The molecule has 0 aromatic carbocycles. The van der Waals surface area contributed by atoms with E-state index >= 15 is 0 Å². The van der Waals surface area contributed by atoms with E-state index in [1.54, 1.807) is 11.3 Å². The molecule has 5 heteroatoms. The Balaban J connectivity index is 1.94. The lowest BCUT2D eigenvalue weighted by molar-refractivity contribution is -0.0581. The second-order valence-electron chi connectivity index (χ2n) is 4.67. The molecule has 0 bridgehead atoms.